The van der Waals surface area contributed by atoms with Crippen LogP contribution in [-0.2, 0) is 24.4 Å². The minimum Gasteiger partial charge on any atom is -0.496 e. The molecule has 12 heteroatoms. The zero-order valence-electron chi connectivity index (χ0n) is 15.4. The van der Waals surface area contributed by atoms with Gasteiger partial charge >= 0.3 is 11.9 Å². The van der Waals surface area contributed by atoms with E-state index in [0.717, 1.165) is 14.1 Å². The van der Waals surface area contributed by atoms with Crippen LogP contribution in [0.2, 0.25) is 0 Å². The van der Waals surface area contributed by atoms with Gasteiger partial charge in [0, 0.05) is 14.1 Å². The van der Waals surface area contributed by atoms with Crippen molar-refractivity contribution in [1.82, 2.24) is 14.5 Å². The SMILES string of the molecule is COc1ccccc1C(=O)N[C@@]1(C(F)(F)F)C(=O)Nc2c1c(=O)n(C)c(=O)n2C. The van der Waals surface area contributed by atoms with E-state index in [2.05, 4.69) is 0 Å². The third-order valence-corrected chi connectivity index (χ3v) is 4.69. The number of nitrogens with zero attached hydrogens (tertiary/aromatic N) is 2. The smallest absolute Gasteiger partial charge is 0.425 e. The van der Waals surface area contributed by atoms with Gasteiger partial charge in [-0.3, -0.25) is 23.5 Å². The molecule has 9 nitrogen and oxygen atoms in total. The Hall–Kier alpha value is -3.57. The van der Waals surface area contributed by atoms with E-state index in [0.29, 0.717) is 9.13 Å². The first-order chi connectivity index (χ1) is 13.5. The van der Waals surface area contributed by atoms with Crippen molar-refractivity contribution in [2.24, 2.45) is 14.1 Å². The number of amides is 2. The molecule has 1 aromatic heterocycles. The van der Waals surface area contributed by atoms with Crippen LogP contribution in [0.25, 0.3) is 0 Å². The van der Waals surface area contributed by atoms with E-state index in [-0.39, 0.29) is 11.3 Å². The minimum absolute atomic E-state index is 0.0330. The molecule has 29 heavy (non-hydrogen) atoms. The van der Waals surface area contributed by atoms with Gasteiger partial charge in [0.05, 0.1) is 12.7 Å². The average Bonchev–Trinajstić information content (AvgIpc) is 2.98. The van der Waals surface area contributed by atoms with Gasteiger partial charge in [0.25, 0.3) is 22.9 Å². The van der Waals surface area contributed by atoms with Crippen LogP contribution in [0.1, 0.15) is 15.9 Å². The minimum atomic E-state index is -5.40. The molecule has 2 heterocycles. The molecule has 0 spiro atoms. The number of rotatable bonds is 3. The number of nitrogens with one attached hydrogen (secondary N) is 2. The Bertz CT molecular complexity index is 1150. The highest BCUT2D eigenvalue weighted by molar-refractivity contribution is 6.09. The highest BCUT2D eigenvalue weighted by atomic mass is 19.4. The second kappa shape index (κ2) is 6.50. The highest BCUT2D eigenvalue weighted by Gasteiger charge is 2.68. The Morgan fingerprint density at radius 1 is 1.14 bits per heavy atom. The molecule has 0 saturated heterocycles. The summed E-state index contributed by atoms with van der Waals surface area (Å²) in [5.74, 6) is -3.67. The number of aromatic nitrogens is 2. The quantitative estimate of drug-likeness (QED) is 0.750. The molecular formula is C17H15F3N4O5. The number of benzene rings is 1. The molecule has 0 fully saturated rings. The zero-order chi connectivity index (χ0) is 21.7. The number of alkyl halides is 3. The Labute approximate surface area is 160 Å². The van der Waals surface area contributed by atoms with Gasteiger partial charge < -0.3 is 15.4 Å². The number of hydrogen-bond donors (Lipinski definition) is 2. The standard InChI is InChI=1S/C17H15F3N4O5/c1-23-11-10(13(26)24(2)15(23)28)16(14(27)21-11,17(18,19)20)22-12(25)8-6-4-5-7-9(8)29-3/h4-7H,1-3H3,(H,21,27)(H,22,25)/t16-/m1/s1. The predicted molar refractivity (Wildman–Crippen MR) is 93.7 cm³/mol. The van der Waals surface area contributed by atoms with E-state index in [1.807, 2.05) is 5.32 Å². The lowest BCUT2D eigenvalue weighted by atomic mass is 9.91. The van der Waals surface area contributed by atoms with Crippen molar-refractivity contribution in [3.63, 3.8) is 0 Å². The van der Waals surface area contributed by atoms with E-state index in [4.69, 9.17) is 4.74 Å². The maximum absolute atomic E-state index is 14.2. The van der Waals surface area contributed by atoms with Crippen molar-refractivity contribution in [3.8, 4) is 5.75 Å². The van der Waals surface area contributed by atoms with Gasteiger partial charge in [0.1, 0.15) is 17.1 Å². The van der Waals surface area contributed by atoms with E-state index in [9.17, 15) is 32.3 Å². The highest BCUT2D eigenvalue weighted by Crippen LogP contribution is 2.45. The monoisotopic (exact) mass is 412 g/mol. The molecule has 0 radical (unpaired) electrons. The van der Waals surface area contributed by atoms with Crippen molar-refractivity contribution in [2.45, 2.75) is 11.7 Å². The molecule has 2 aromatic rings. The normalized spacial score (nSPS) is 18.2. The summed E-state index contributed by atoms with van der Waals surface area (Å²) < 4.78 is 48.7. The number of methoxy groups -OCH3 is 1. The summed E-state index contributed by atoms with van der Waals surface area (Å²) in [5.41, 5.74) is -7.37. The van der Waals surface area contributed by atoms with Gasteiger partial charge in [-0.1, -0.05) is 12.1 Å². The van der Waals surface area contributed by atoms with E-state index < -0.39 is 46.2 Å². The first kappa shape index (κ1) is 20.2. The lowest BCUT2D eigenvalue weighted by Gasteiger charge is -2.30. The number of carbonyl (C=O) groups excluding carboxylic acids is 2. The van der Waals surface area contributed by atoms with Gasteiger partial charge in [-0.25, -0.2) is 4.79 Å². The number of para-hydroxylation sites is 1. The Kier molecular flexibility index (Phi) is 4.52. The fourth-order valence-corrected chi connectivity index (χ4v) is 3.17. The number of halogens is 3. The molecule has 1 atom stereocenters. The molecule has 0 unspecified atom stereocenters. The van der Waals surface area contributed by atoms with Crippen LogP contribution in [0.15, 0.2) is 33.9 Å². The van der Waals surface area contributed by atoms with Crippen molar-refractivity contribution in [2.75, 3.05) is 12.4 Å². The largest absolute Gasteiger partial charge is 0.496 e. The van der Waals surface area contributed by atoms with Gasteiger partial charge in [-0.2, -0.15) is 13.2 Å². The second-order valence-corrected chi connectivity index (χ2v) is 6.29. The summed E-state index contributed by atoms with van der Waals surface area (Å²) in [6, 6.07) is 5.44. The summed E-state index contributed by atoms with van der Waals surface area (Å²) >= 11 is 0. The number of fused-ring (bicyclic) bond motifs is 1. The van der Waals surface area contributed by atoms with E-state index in [1.165, 1.54) is 31.4 Å². The summed E-state index contributed by atoms with van der Waals surface area (Å²) in [7, 11) is 3.28. The molecule has 0 aliphatic carbocycles. The first-order valence-corrected chi connectivity index (χ1v) is 8.11. The number of anilines is 1. The molecule has 1 aromatic carbocycles. The molecule has 2 N–H and O–H groups in total. The topological polar surface area (TPSA) is 111 Å². The predicted octanol–water partition coefficient (Wildman–Crippen LogP) is 0.232. The Morgan fingerprint density at radius 3 is 2.34 bits per heavy atom. The van der Waals surface area contributed by atoms with Gasteiger partial charge in [0.15, 0.2) is 0 Å². The van der Waals surface area contributed by atoms with E-state index >= 15 is 0 Å². The fourth-order valence-electron chi connectivity index (χ4n) is 3.17. The van der Waals surface area contributed by atoms with Crippen molar-refractivity contribution >= 4 is 17.6 Å². The molecule has 0 saturated carbocycles. The Morgan fingerprint density at radius 2 is 1.76 bits per heavy atom. The third kappa shape index (κ3) is 2.70. The van der Waals surface area contributed by atoms with Gasteiger partial charge in [0.2, 0.25) is 0 Å². The van der Waals surface area contributed by atoms with Crippen LogP contribution in [0.5, 0.6) is 5.75 Å². The molecule has 3 rings (SSSR count). The van der Waals surface area contributed by atoms with Crippen molar-refractivity contribution in [3.05, 3.63) is 56.2 Å². The average molecular weight is 412 g/mol. The summed E-state index contributed by atoms with van der Waals surface area (Å²) in [4.78, 5) is 49.8. The summed E-state index contributed by atoms with van der Waals surface area (Å²) in [5, 5.41) is 3.56. The number of hydrogen-bond acceptors (Lipinski definition) is 5. The molecule has 1 aliphatic heterocycles. The van der Waals surface area contributed by atoms with Crippen LogP contribution >= 0.6 is 0 Å². The summed E-state index contributed by atoms with van der Waals surface area (Å²) in [6.07, 6.45) is -5.40. The maximum Gasteiger partial charge on any atom is 0.425 e. The van der Waals surface area contributed by atoms with Gasteiger partial charge in [-0.05, 0) is 12.1 Å². The lowest BCUT2D eigenvalue weighted by molar-refractivity contribution is -0.196. The molecule has 154 valence electrons. The number of carbonyl (C=O) groups is 2. The van der Waals surface area contributed by atoms with Crippen molar-refractivity contribution < 1.29 is 27.5 Å². The van der Waals surface area contributed by atoms with Crippen LogP contribution in [-0.4, -0.2) is 34.2 Å². The first-order valence-electron chi connectivity index (χ1n) is 8.11. The number of ether oxygens (including phenoxy) is 1. The lowest BCUT2D eigenvalue weighted by Crippen LogP contribution is -2.62. The Balaban J connectivity index is 2.29. The van der Waals surface area contributed by atoms with Crippen LogP contribution in [0.3, 0.4) is 0 Å². The van der Waals surface area contributed by atoms with Crippen molar-refractivity contribution in [1.29, 1.82) is 0 Å². The summed E-state index contributed by atoms with van der Waals surface area (Å²) in [6.45, 7) is 0. The van der Waals surface area contributed by atoms with Gasteiger partial charge in [-0.15, -0.1) is 0 Å². The molecular weight excluding hydrogens is 397 g/mol. The van der Waals surface area contributed by atoms with Crippen LogP contribution in [0.4, 0.5) is 19.0 Å². The zero-order valence-corrected chi connectivity index (χ0v) is 15.4. The fraction of sp³-hybridized carbons (Fsp3) is 0.294. The van der Waals surface area contributed by atoms with Crippen LogP contribution in [0, 0.1) is 0 Å². The molecule has 1 aliphatic rings. The van der Waals surface area contributed by atoms with Crippen LogP contribution < -0.4 is 26.6 Å². The third-order valence-electron chi connectivity index (χ3n) is 4.69. The molecule has 2 amide bonds. The van der Waals surface area contributed by atoms with E-state index in [1.54, 1.807) is 5.32 Å². The second-order valence-electron chi connectivity index (χ2n) is 6.29. The maximum atomic E-state index is 14.2. The molecule has 0 bridgehead atoms.